The van der Waals surface area contributed by atoms with Gasteiger partial charge in [-0.2, -0.15) is 0 Å². The van der Waals surface area contributed by atoms with Crippen LogP contribution in [0.3, 0.4) is 0 Å². The summed E-state index contributed by atoms with van der Waals surface area (Å²) in [5.41, 5.74) is 1.60. The van der Waals surface area contributed by atoms with Crippen molar-refractivity contribution in [3.63, 3.8) is 0 Å². The lowest BCUT2D eigenvalue weighted by atomic mass is 10.1. The number of sulfonamides is 1. The summed E-state index contributed by atoms with van der Waals surface area (Å²) in [6.45, 7) is 6.03. The molecule has 2 rings (SSSR count). The highest BCUT2D eigenvalue weighted by molar-refractivity contribution is 7.92. The van der Waals surface area contributed by atoms with E-state index in [1.54, 1.807) is 37.3 Å². The molecule has 0 radical (unpaired) electrons. The van der Waals surface area contributed by atoms with E-state index >= 15 is 0 Å². The number of nitrogens with zero attached hydrogens (tertiary/aromatic N) is 1. The molecule has 0 spiro atoms. The number of anilines is 1. The van der Waals surface area contributed by atoms with Crippen molar-refractivity contribution in [1.82, 2.24) is 5.32 Å². The number of para-hydroxylation sites is 1. The largest absolute Gasteiger partial charge is 0.491 e. The van der Waals surface area contributed by atoms with Crippen LogP contribution in [-0.2, 0) is 21.2 Å². The zero-order chi connectivity index (χ0) is 21.4. The van der Waals surface area contributed by atoms with Gasteiger partial charge in [0.1, 0.15) is 11.8 Å². The lowest BCUT2D eigenvalue weighted by Crippen LogP contribution is -2.48. The number of carbonyl (C=O) groups is 1. The summed E-state index contributed by atoms with van der Waals surface area (Å²) < 4.78 is 31.3. The average Bonchev–Trinajstić information content (AvgIpc) is 2.64. The van der Waals surface area contributed by atoms with Crippen LogP contribution in [0.1, 0.15) is 32.8 Å². The number of rotatable bonds is 10. The first-order valence-corrected chi connectivity index (χ1v) is 11.6. The van der Waals surface area contributed by atoms with E-state index in [-0.39, 0.29) is 12.0 Å². The fraction of sp³-hybridized carbons (Fsp3) is 0.409. The van der Waals surface area contributed by atoms with Gasteiger partial charge in [-0.1, -0.05) is 30.3 Å². The average molecular weight is 419 g/mol. The van der Waals surface area contributed by atoms with Gasteiger partial charge in [-0.3, -0.25) is 9.10 Å². The van der Waals surface area contributed by atoms with Crippen LogP contribution in [0, 0.1) is 0 Å². The van der Waals surface area contributed by atoms with Gasteiger partial charge in [0.25, 0.3) is 0 Å². The summed E-state index contributed by atoms with van der Waals surface area (Å²) in [6.07, 6.45) is 2.76. The Morgan fingerprint density at radius 3 is 2.38 bits per heavy atom. The first kappa shape index (κ1) is 22.7. The van der Waals surface area contributed by atoms with Crippen molar-refractivity contribution in [1.29, 1.82) is 0 Å². The Morgan fingerprint density at radius 1 is 1.07 bits per heavy atom. The molecule has 0 bridgehead atoms. The van der Waals surface area contributed by atoms with Gasteiger partial charge in [0, 0.05) is 6.54 Å². The van der Waals surface area contributed by atoms with Gasteiger partial charge in [0.15, 0.2) is 0 Å². The molecule has 1 N–H and O–H groups in total. The van der Waals surface area contributed by atoms with Gasteiger partial charge in [-0.15, -0.1) is 0 Å². The lowest BCUT2D eigenvalue weighted by Gasteiger charge is -2.28. The minimum Gasteiger partial charge on any atom is -0.491 e. The molecule has 0 aliphatic carbocycles. The van der Waals surface area contributed by atoms with E-state index in [9.17, 15) is 13.2 Å². The highest BCUT2D eigenvalue weighted by atomic mass is 32.2. The van der Waals surface area contributed by atoms with Crippen LogP contribution < -0.4 is 14.4 Å². The molecule has 0 unspecified atom stereocenters. The second-order valence-corrected chi connectivity index (χ2v) is 9.14. The van der Waals surface area contributed by atoms with Crippen molar-refractivity contribution < 1.29 is 17.9 Å². The van der Waals surface area contributed by atoms with Crippen molar-refractivity contribution in [2.75, 3.05) is 17.1 Å². The number of benzene rings is 2. The standard InChI is InChI=1S/C22H30N2O4S/c1-17(2)28-21-14-8-10-19(16-21)11-9-15-23-22(25)18(3)24(29(4,26)27)20-12-6-5-7-13-20/h5-8,10,12-14,16-18H,9,11,15H2,1-4H3,(H,23,25)/t18-/m1/s1. The molecule has 0 aliphatic heterocycles. The zero-order valence-corrected chi connectivity index (χ0v) is 18.3. The van der Waals surface area contributed by atoms with Crippen LogP contribution >= 0.6 is 0 Å². The van der Waals surface area contributed by atoms with Crippen LogP contribution in [0.5, 0.6) is 5.75 Å². The highest BCUT2D eigenvalue weighted by Gasteiger charge is 2.28. The normalized spacial score (nSPS) is 12.4. The van der Waals surface area contributed by atoms with E-state index in [1.807, 2.05) is 38.1 Å². The van der Waals surface area contributed by atoms with Gasteiger partial charge in [-0.25, -0.2) is 8.42 Å². The molecule has 1 atom stereocenters. The molecule has 0 heterocycles. The Bertz CT molecular complexity index is 898. The van der Waals surface area contributed by atoms with E-state index in [2.05, 4.69) is 5.32 Å². The highest BCUT2D eigenvalue weighted by Crippen LogP contribution is 2.20. The maximum Gasteiger partial charge on any atom is 0.243 e. The fourth-order valence-corrected chi connectivity index (χ4v) is 4.26. The monoisotopic (exact) mass is 418 g/mol. The van der Waals surface area contributed by atoms with Crippen molar-refractivity contribution in [2.24, 2.45) is 0 Å². The molecule has 0 aromatic heterocycles. The Morgan fingerprint density at radius 2 is 1.76 bits per heavy atom. The van der Waals surface area contributed by atoms with Gasteiger partial charge in [-0.05, 0) is 63.4 Å². The minimum absolute atomic E-state index is 0.119. The smallest absolute Gasteiger partial charge is 0.243 e. The third-order valence-electron chi connectivity index (χ3n) is 4.31. The molecule has 0 saturated heterocycles. The summed E-state index contributed by atoms with van der Waals surface area (Å²) in [5, 5.41) is 2.85. The second-order valence-electron chi connectivity index (χ2n) is 7.28. The predicted octanol–water partition coefficient (Wildman–Crippen LogP) is 3.38. The van der Waals surface area contributed by atoms with Crippen LogP contribution in [0.25, 0.3) is 0 Å². The topological polar surface area (TPSA) is 75.7 Å². The molecule has 0 saturated carbocycles. The number of ether oxygens (including phenoxy) is 1. The predicted molar refractivity (Wildman–Crippen MR) is 117 cm³/mol. The number of hydrogen-bond acceptors (Lipinski definition) is 4. The third-order valence-corrected chi connectivity index (χ3v) is 5.55. The Kier molecular flexibility index (Phi) is 8.08. The molecule has 1 amide bonds. The van der Waals surface area contributed by atoms with Crippen LogP contribution in [0.15, 0.2) is 54.6 Å². The van der Waals surface area contributed by atoms with Crippen LogP contribution in [0.2, 0.25) is 0 Å². The lowest BCUT2D eigenvalue weighted by molar-refractivity contribution is -0.121. The molecular formula is C22H30N2O4S. The Balaban J connectivity index is 1.91. The van der Waals surface area contributed by atoms with Gasteiger partial charge < -0.3 is 10.1 Å². The molecule has 158 valence electrons. The molecule has 2 aromatic carbocycles. The molecule has 0 fully saturated rings. The Hall–Kier alpha value is -2.54. The maximum absolute atomic E-state index is 12.6. The number of amides is 1. The summed E-state index contributed by atoms with van der Waals surface area (Å²) in [5.74, 6) is 0.512. The number of aryl methyl sites for hydroxylation is 1. The van der Waals surface area contributed by atoms with E-state index in [1.165, 1.54) is 0 Å². The fourth-order valence-electron chi connectivity index (χ4n) is 3.08. The van der Waals surface area contributed by atoms with Crippen molar-refractivity contribution >= 4 is 21.6 Å². The van der Waals surface area contributed by atoms with E-state index in [0.29, 0.717) is 12.2 Å². The second kappa shape index (κ2) is 10.3. The van der Waals surface area contributed by atoms with Crippen LogP contribution in [-0.4, -0.2) is 39.3 Å². The molecule has 2 aromatic rings. The summed E-state index contributed by atoms with van der Waals surface area (Å²) >= 11 is 0. The molecule has 0 aliphatic rings. The van der Waals surface area contributed by atoms with E-state index < -0.39 is 16.1 Å². The van der Waals surface area contributed by atoms with Crippen molar-refractivity contribution in [3.05, 3.63) is 60.2 Å². The number of carbonyl (C=O) groups excluding carboxylic acids is 1. The minimum atomic E-state index is -3.59. The van der Waals surface area contributed by atoms with Gasteiger partial charge in [0.05, 0.1) is 18.0 Å². The Labute approximate surface area is 173 Å². The van der Waals surface area contributed by atoms with Gasteiger partial charge in [0.2, 0.25) is 15.9 Å². The quantitative estimate of drug-likeness (QED) is 0.600. The SMILES string of the molecule is CC(C)Oc1cccc(CCCNC(=O)[C@@H](C)N(c2ccccc2)S(C)(=O)=O)c1. The molecule has 7 heteroatoms. The van der Waals surface area contributed by atoms with E-state index in [4.69, 9.17) is 4.74 Å². The first-order valence-electron chi connectivity index (χ1n) is 9.76. The molecule has 29 heavy (non-hydrogen) atoms. The van der Waals surface area contributed by atoms with Crippen molar-refractivity contribution in [3.8, 4) is 5.75 Å². The summed E-state index contributed by atoms with van der Waals surface area (Å²) in [4.78, 5) is 12.6. The number of hydrogen-bond donors (Lipinski definition) is 1. The molecule has 6 nitrogen and oxygen atoms in total. The molecular weight excluding hydrogens is 388 g/mol. The van der Waals surface area contributed by atoms with Crippen LogP contribution in [0.4, 0.5) is 5.69 Å². The maximum atomic E-state index is 12.6. The zero-order valence-electron chi connectivity index (χ0n) is 17.5. The summed E-state index contributed by atoms with van der Waals surface area (Å²) in [6, 6.07) is 15.7. The first-order chi connectivity index (χ1) is 13.7. The van der Waals surface area contributed by atoms with Gasteiger partial charge >= 0.3 is 0 Å². The van der Waals surface area contributed by atoms with E-state index in [0.717, 1.165) is 34.7 Å². The number of nitrogens with one attached hydrogen (secondary N) is 1. The summed E-state index contributed by atoms with van der Waals surface area (Å²) in [7, 11) is -3.59. The third kappa shape index (κ3) is 7.09. The van der Waals surface area contributed by atoms with Crippen molar-refractivity contribution in [2.45, 2.75) is 45.8 Å².